The van der Waals surface area contributed by atoms with Gasteiger partial charge in [-0.3, -0.25) is 9.20 Å². The van der Waals surface area contributed by atoms with E-state index in [1.54, 1.807) is 24.4 Å². The fourth-order valence-corrected chi connectivity index (χ4v) is 4.20. The van der Waals surface area contributed by atoms with Gasteiger partial charge in [-0.05, 0) is 49.4 Å². The minimum atomic E-state index is -0.225. The number of anilines is 4. The molecular formula is C23H19N7OS. The zero-order valence-corrected chi connectivity index (χ0v) is 17.9. The maximum Gasteiger partial charge on any atom is 0.265 e. The number of thiophene rings is 1. The molecule has 32 heavy (non-hydrogen) atoms. The SMILES string of the molecule is Cc1nc2ccccn2c1-c1ccnc(Nc2ccc(C(=O)Nc3ccccc3N)s2)n1. The molecule has 4 N–H and O–H groups in total. The van der Waals surface area contributed by atoms with Gasteiger partial charge in [-0.2, -0.15) is 0 Å². The summed E-state index contributed by atoms with van der Waals surface area (Å²) in [6.07, 6.45) is 3.66. The number of nitrogen functional groups attached to an aromatic ring is 1. The third-order valence-electron chi connectivity index (χ3n) is 4.88. The second kappa shape index (κ2) is 8.12. The van der Waals surface area contributed by atoms with E-state index in [4.69, 9.17) is 5.73 Å². The number of carbonyl (C=O) groups excluding carboxylic acids is 1. The second-order valence-corrected chi connectivity index (χ2v) is 8.15. The third-order valence-corrected chi connectivity index (χ3v) is 5.88. The van der Waals surface area contributed by atoms with Crippen LogP contribution in [0.25, 0.3) is 17.0 Å². The van der Waals surface area contributed by atoms with Crippen molar-refractivity contribution in [3.63, 3.8) is 0 Å². The number of nitrogens with zero attached hydrogens (tertiary/aromatic N) is 4. The van der Waals surface area contributed by atoms with Crippen molar-refractivity contribution in [1.29, 1.82) is 0 Å². The predicted octanol–water partition coefficient (Wildman–Crippen LogP) is 4.74. The summed E-state index contributed by atoms with van der Waals surface area (Å²) < 4.78 is 2.00. The monoisotopic (exact) mass is 441 g/mol. The Kier molecular flexibility index (Phi) is 5.00. The number of para-hydroxylation sites is 2. The summed E-state index contributed by atoms with van der Waals surface area (Å²) in [6.45, 7) is 1.96. The standard InChI is InChI=1S/C23H19N7OS/c1-14-21(30-13-5-4-8-19(30)26-14)17-11-12-25-23(28-17)29-20-10-9-18(32-20)22(31)27-16-7-3-2-6-15(16)24/h2-13H,24H2,1H3,(H,27,31)(H,25,28,29). The second-order valence-electron chi connectivity index (χ2n) is 7.07. The molecule has 5 aromatic rings. The van der Waals surface area contributed by atoms with Crippen LogP contribution in [-0.4, -0.2) is 25.3 Å². The predicted molar refractivity (Wildman–Crippen MR) is 127 cm³/mol. The first kappa shape index (κ1) is 19.7. The summed E-state index contributed by atoms with van der Waals surface area (Å²) in [5.41, 5.74) is 10.4. The number of aryl methyl sites for hydroxylation is 1. The van der Waals surface area contributed by atoms with Crippen molar-refractivity contribution >= 4 is 45.2 Å². The zero-order chi connectivity index (χ0) is 22.1. The van der Waals surface area contributed by atoms with Crippen molar-refractivity contribution in [3.8, 4) is 11.4 Å². The van der Waals surface area contributed by atoms with Gasteiger partial charge in [0.1, 0.15) is 5.65 Å². The number of nitrogens with two attached hydrogens (primary N) is 1. The summed E-state index contributed by atoms with van der Waals surface area (Å²) in [5.74, 6) is 0.214. The first-order chi connectivity index (χ1) is 15.6. The molecule has 5 rings (SSSR count). The quantitative estimate of drug-likeness (QED) is 0.340. The Morgan fingerprint density at radius 1 is 1.03 bits per heavy atom. The molecule has 0 spiro atoms. The lowest BCUT2D eigenvalue weighted by Gasteiger charge is -2.07. The molecule has 0 atom stereocenters. The minimum Gasteiger partial charge on any atom is -0.397 e. The Balaban J connectivity index is 1.37. The van der Waals surface area contributed by atoms with Gasteiger partial charge < -0.3 is 16.4 Å². The number of aromatic nitrogens is 4. The van der Waals surface area contributed by atoms with Crippen LogP contribution in [0.3, 0.4) is 0 Å². The van der Waals surface area contributed by atoms with Crippen molar-refractivity contribution in [1.82, 2.24) is 19.4 Å². The molecule has 4 aromatic heterocycles. The van der Waals surface area contributed by atoms with Crippen molar-refractivity contribution in [2.75, 3.05) is 16.4 Å². The molecule has 0 aliphatic heterocycles. The third kappa shape index (κ3) is 3.77. The summed E-state index contributed by atoms with van der Waals surface area (Å²) in [6, 6.07) is 18.4. The average molecular weight is 442 g/mol. The first-order valence-electron chi connectivity index (χ1n) is 9.88. The van der Waals surface area contributed by atoms with Crippen LogP contribution in [0.5, 0.6) is 0 Å². The Morgan fingerprint density at radius 3 is 2.75 bits per heavy atom. The molecule has 0 aliphatic rings. The summed E-state index contributed by atoms with van der Waals surface area (Å²) in [4.78, 5) is 26.7. The van der Waals surface area contributed by atoms with E-state index in [0.717, 1.165) is 27.7 Å². The van der Waals surface area contributed by atoms with Crippen LogP contribution in [0, 0.1) is 6.92 Å². The highest BCUT2D eigenvalue weighted by Gasteiger charge is 2.14. The topological polar surface area (TPSA) is 110 Å². The van der Waals surface area contributed by atoms with E-state index in [9.17, 15) is 4.79 Å². The Hall–Kier alpha value is -4.24. The van der Waals surface area contributed by atoms with Crippen LogP contribution in [0.2, 0.25) is 0 Å². The number of imidazole rings is 1. The van der Waals surface area contributed by atoms with Crippen molar-refractivity contribution in [3.05, 3.63) is 83.6 Å². The zero-order valence-electron chi connectivity index (χ0n) is 17.1. The highest BCUT2D eigenvalue weighted by atomic mass is 32.1. The maximum atomic E-state index is 12.6. The number of benzene rings is 1. The van der Waals surface area contributed by atoms with Gasteiger partial charge in [0.2, 0.25) is 5.95 Å². The van der Waals surface area contributed by atoms with Crippen molar-refractivity contribution in [2.24, 2.45) is 0 Å². The number of hydrogen-bond donors (Lipinski definition) is 3. The summed E-state index contributed by atoms with van der Waals surface area (Å²) in [5, 5.41) is 6.77. The van der Waals surface area contributed by atoms with E-state index >= 15 is 0 Å². The molecule has 0 radical (unpaired) electrons. The molecule has 8 nitrogen and oxygen atoms in total. The molecule has 0 saturated carbocycles. The molecule has 0 fully saturated rings. The van der Waals surface area contributed by atoms with E-state index < -0.39 is 0 Å². The van der Waals surface area contributed by atoms with Gasteiger partial charge in [0.15, 0.2) is 0 Å². The first-order valence-corrected chi connectivity index (χ1v) is 10.7. The van der Waals surface area contributed by atoms with Crippen LogP contribution >= 0.6 is 11.3 Å². The average Bonchev–Trinajstić information content (AvgIpc) is 3.39. The van der Waals surface area contributed by atoms with Gasteiger partial charge in [-0.25, -0.2) is 15.0 Å². The molecule has 0 aliphatic carbocycles. The number of nitrogens with one attached hydrogen (secondary N) is 2. The van der Waals surface area contributed by atoms with Gasteiger partial charge in [0.05, 0.1) is 38.3 Å². The van der Waals surface area contributed by atoms with Crippen LogP contribution < -0.4 is 16.4 Å². The Bertz CT molecular complexity index is 1440. The molecule has 0 saturated heterocycles. The number of carbonyl (C=O) groups is 1. The molecule has 1 aromatic carbocycles. The number of amides is 1. The molecule has 0 unspecified atom stereocenters. The van der Waals surface area contributed by atoms with E-state index in [1.807, 2.05) is 60.0 Å². The van der Waals surface area contributed by atoms with E-state index in [0.29, 0.717) is 22.2 Å². The van der Waals surface area contributed by atoms with Crippen LogP contribution in [0.1, 0.15) is 15.4 Å². The highest BCUT2D eigenvalue weighted by molar-refractivity contribution is 7.18. The summed E-state index contributed by atoms with van der Waals surface area (Å²) in [7, 11) is 0. The number of pyridine rings is 1. The number of hydrogen-bond acceptors (Lipinski definition) is 7. The molecular weight excluding hydrogens is 422 g/mol. The van der Waals surface area contributed by atoms with Crippen molar-refractivity contribution in [2.45, 2.75) is 6.92 Å². The normalized spacial score (nSPS) is 10.9. The van der Waals surface area contributed by atoms with Gasteiger partial charge in [0, 0.05) is 12.4 Å². The minimum absolute atomic E-state index is 0.225. The van der Waals surface area contributed by atoms with Gasteiger partial charge >= 0.3 is 0 Å². The maximum absolute atomic E-state index is 12.6. The Morgan fingerprint density at radius 2 is 1.88 bits per heavy atom. The van der Waals surface area contributed by atoms with Gasteiger partial charge in [-0.15, -0.1) is 11.3 Å². The molecule has 0 bridgehead atoms. The molecule has 158 valence electrons. The Labute approximate surface area is 187 Å². The molecule has 1 amide bonds. The van der Waals surface area contributed by atoms with E-state index in [2.05, 4.69) is 25.6 Å². The van der Waals surface area contributed by atoms with Crippen LogP contribution in [-0.2, 0) is 0 Å². The largest absolute Gasteiger partial charge is 0.397 e. The van der Waals surface area contributed by atoms with Gasteiger partial charge in [-0.1, -0.05) is 18.2 Å². The number of rotatable bonds is 5. The van der Waals surface area contributed by atoms with Gasteiger partial charge in [0.25, 0.3) is 5.91 Å². The van der Waals surface area contributed by atoms with Crippen molar-refractivity contribution < 1.29 is 4.79 Å². The lowest BCUT2D eigenvalue weighted by molar-refractivity contribution is 0.103. The van der Waals surface area contributed by atoms with Crippen LogP contribution in [0.15, 0.2) is 73.1 Å². The lowest BCUT2D eigenvalue weighted by atomic mass is 10.2. The summed E-state index contributed by atoms with van der Waals surface area (Å²) >= 11 is 1.31. The smallest absolute Gasteiger partial charge is 0.265 e. The highest BCUT2D eigenvalue weighted by Crippen LogP contribution is 2.28. The van der Waals surface area contributed by atoms with Crippen LogP contribution in [0.4, 0.5) is 22.3 Å². The fraction of sp³-hybridized carbons (Fsp3) is 0.0435. The number of fused-ring (bicyclic) bond motifs is 1. The van der Waals surface area contributed by atoms with E-state index in [-0.39, 0.29) is 5.91 Å². The molecule has 9 heteroatoms. The lowest BCUT2D eigenvalue weighted by Crippen LogP contribution is -2.11. The molecule has 4 heterocycles. The fourth-order valence-electron chi connectivity index (χ4n) is 3.40. The van der Waals surface area contributed by atoms with E-state index in [1.165, 1.54) is 11.3 Å².